The molecule has 1 heterocycles. The van der Waals surface area contributed by atoms with Crippen molar-refractivity contribution in [2.45, 2.75) is 0 Å². The predicted octanol–water partition coefficient (Wildman–Crippen LogP) is 14.8. The van der Waals surface area contributed by atoms with Gasteiger partial charge >= 0.3 is 0 Å². The third-order valence-electron chi connectivity index (χ3n) is 10.2. The van der Waals surface area contributed by atoms with E-state index in [-0.39, 0.29) is 0 Å². The number of nitrogens with zero attached hydrogens (tertiary/aromatic N) is 1. The van der Waals surface area contributed by atoms with Gasteiger partial charge in [-0.05, 0) is 104 Å². The summed E-state index contributed by atoms with van der Waals surface area (Å²) in [7, 11) is 0. The summed E-state index contributed by atoms with van der Waals surface area (Å²) in [6.45, 7) is 0. The molecule has 10 rings (SSSR count). The number of benzene rings is 9. The first-order valence-corrected chi connectivity index (χ1v) is 18.6. The molecule has 0 aliphatic rings. The van der Waals surface area contributed by atoms with Crippen LogP contribution in [0.25, 0.3) is 75.1 Å². The van der Waals surface area contributed by atoms with Gasteiger partial charge in [0.2, 0.25) is 0 Å². The zero-order valence-corrected chi connectivity index (χ0v) is 29.2. The average molecular weight is 680 g/mol. The third-order valence-corrected chi connectivity index (χ3v) is 11.4. The Morgan fingerprint density at radius 3 is 1.50 bits per heavy atom. The number of fused-ring (bicyclic) bond motifs is 5. The van der Waals surface area contributed by atoms with Gasteiger partial charge in [-0.15, -0.1) is 11.3 Å². The summed E-state index contributed by atoms with van der Waals surface area (Å²) >= 11 is 1.87. The summed E-state index contributed by atoms with van der Waals surface area (Å²) < 4.78 is 2.59. The van der Waals surface area contributed by atoms with Crippen LogP contribution in [0.1, 0.15) is 0 Å². The Morgan fingerprint density at radius 1 is 0.327 bits per heavy atom. The van der Waals surface area contributed by atoms with E-state index < -0.39 is 0 Å². The molecule has 0 saturated heterocycles. The lowest BCUT2D eigenvalue weighted by Crippen LogP contribution is -2.11. The van der Waals surface area contributed by atoms with E-state index in [1.807, 2.05) is 11.3 Å². The molecule has 52 heavy (non-hydrogen) atoms. The molecule has 9 aromatic carbocycles. The van der Waals surface area contributed by atoms with Crippen molar-refractivity contribution in [1.82, 2.24) is 0 Å². The SMILES string of the molecule is c1ccc(-c2ccc(N(c3ccc(-c4ccc5ccccc5c4)cc3)c3ccc4sc5ccccc5c4c3-c3ccc4ccccc4c3)cc2)cc1. The van der Waals surface area contributed by atoms with E-state index in [0.29, 0.717) is 0 Å². The summed E-state index contributed by atoms with van der Waals surface area (Å²) in [5.41, 5.74) is 10.6. The fraction of sp³-hybridized carbons (Fsp3) is 0. The maximum Gasteiger partial charge on any atom is 0.0547 e. The Morgan fingerprint density at radius 2 is 0.827 bits per heavy atom. The lowest BCUT2D eigenvalue weighted by Gasteiger charge is -2.29. The lowest BCUT2D eigenvalue weighted by atomic mass is 9.94. The van der Waals surface area contributed by atoms with Gasteiger partial charge < -0.3 is 4.90 Å². The topological polar surface area (TPSA) is 3.24 Å². The van der Waals surface area contributed by atoms with Crippen LogP contribution in [0.5, 0.6) is 0 Å². The highest BCUT2D eigenvalue weighted by molar-refractivity contribution is 7.26. The van der Waals surface area contributed by atoms with Crippen LogP contribution in [0.3, 0.4) is 0 Å². The number of rotatable bonds is 6. The van der Waals surface area contributed by atoms with Crippen LogP contribution < -0.4 is 4.90 Å². The molecule has 1 aromatic heterocycles. The van der Waals surface area contributed by atoms with Crippen molar-refractivity contribution in [3.8, 4) is 33.4 Å². The molecule has 0 atom stereocenters. The van der Waals surface area contributed by atoms with Crippen LogP contribution >= 0.6 is 11.3 Å². The van der Waals surface area contributed by atoms with Crippen LogP contribution in [-0.2, 0) is 0 Å². The van der Waals surface area contributed by atoms with Crippen molar-refractivity contribution >= 4 is 70.1 Å². The maximum atomic E-state index is 2.44. The molecular formula is C50H33NS. The van der Waals surface area contributed by atoms with E-state index in [9.17, 15) is 0 Å². The number of thiophene rings is 1. The zero-order chi connectivity index (χ0) is 34.4. The van der Waals surface area contributed by atoms with E-state index in [1.165, 1.54) is 75.1 Å². The van der Waals surface area contributed by atoms with Crippen molar-refractivity contribution < 1.29 is 0 Å². The van der Waals surface area contributed by atoms with Gasteiger partial charge in [-0.2, -0.15) is 0 Å². The quantitative estimate of drug-likeness (QED) is 0.169. The molecule has 244 valence electrons. The standard InChI is InChI=1S/C50H33NS/c1-2-10-34(11-3-1)37-22-26-43(27-23-37)51(44-28-24-38(25-29-44)41-20-18-35-12-4-6-14-39(35)32-41)46-30-31-48-50(45-16-8-9-17-47(45)52-48)49(46)42-21-19-36-13-5-7-15-40(36)33-42/h1-33H. The first-order valence-electron chi connectivity index (χ1n) is 17.8. The lowest BCUT2D eigenvalue weighted by molar-refractivity contribution is 1.29. The van der Waals surface area contributed by atoms with Crippen molar-refractivity contribution in [2.75, 3.05) is 4.90 Å². The largest absolute Gasteiger partial charge is 0.310 e. The Bertz CT molecular complexity index is 2890. The second-order valence-electron chi connectivity index (χ2n) is 13.4. The molecule has 0 aliphatic carbocycles. The Balaban J connectivity index is 1.20. The molecule has 0 spiro atoms. The Hall–Kier alpha value is -6.48. The number of anilines is 3. The highest BCUT2D eigenvalue weighted by Gasteiger charge is 2.22. The van der Waals surface area contributed by atoms with Gasteiger partial charge in [0.15, 0.2) is 0 Å². The van der Waals surface area contributed by atoms with Crippen LogP contribution in [0.15, 0.2) is 200 Å². The summed E-state index contributed by atoms with van der Waals surface area (Å²) in [5.74, 6) is 0. The van der Waals surface area contributed by atoms with Crippen molar-refractivity contribution in [3.63, 3.8) is 0 Å². The van der Waals surface area contributed by atoms with Crippen molar-refractivity contribution in [3.05, 3.63) is 200 Å². The fourth-order valence-electron chi connectivity index (χ4n) is 7.66. The van der Waals surface area contributed by atoms with E-state index in [4.69, 9.17) is 0 Å². The minimum absolute atomic E-state index is 1.11. The van der Waals surface area contributed by atoms with Crippen molar-refractivity contribution in [1.29, 1.82) is 0 Å². The van der Waals surface area contributed by atoms with E-state index in [0.717, 1.165) is 17.1 Å². The summed E-state index contributed by atoms with van der Waals surface area (Å²) in [6.07, 6.45) is 0. The van der Waals surface area contributed by atoms with E-state index in [2.05, 4.69) is 205 Å². The van der Waals surface area contributed by atoms with Gasteiger partial charge in [0.1, 0.15) is 0 Å². The molecule has 0 bridgehead atoms. The molecule has 0 amide bonds. The van der Waals surface area contributed by atoms with Crippen molar-refractivity contribution in [2.24, 2.45) is 0 Å². The highest BCUT2D eigenvalue weighted by atomic mass is 32.1. The third kappa shape index (κ3) is 5.33. The monoisotopic (exact) mass is 679 g/mol. The molecule has 0 radical (unpaired) electrons. The maximum absolute atomic E-state index is 2.44. The molecular weight excluding hydrogens is 647 g/mol. The first kappa shape index (κ1) is 30.4. The second kappa shape index (κ2) is 12.7. The minimum Gasteiger partial charge on any atom is -0.310 e. The van der Waals surface area contributed by atoms with Gasteiger partial charge in [-0.25, -0.2) is 0 Å². The molecule has 10 aromatic rings. The van der Waals surface area contributed by atoms with Crippen LogP contribution in [0.2, 0.25) is 0 Å². The van der Waals surface area contributed by atoms with Gasteiger partial charge in [-0.1, -0.05) is 146 Å². The molecule has 0 fully saturated rings. The Labute approximate surface area is 307 Å². The summed E-state index contributed by atoms with van der Waals surface area (Å²) in [4.78, 5) is 2.44. The normalized spacial score (nSPS) is 11.5. The molecule has 0 saturated carbocycles. The second-order valence-corrected chi connectivity index (χ2v) is 14.4. The molecule has 1 nitrogen and oxygen atoms in total. The van der Waals surface area contributed by atoms with Gasteiger partial charge in [0, 0.05) is 37.1 Å². The van der Waals surface area contributed by atoms with Crippen LogP contribution in [0.4, 0.5) is 17.1 Å². The van der Waals surface area contributed by atoms with E-state index >= 15 is 0 Å². The molecule has 0 N–H and O–H groups in total. The van der Waals surface area contributed by atoms with E-state index in [1.54, 1.807) is 0 Å². The van der Waals surface area contributed by atoms with Gasteiger partial charge in [0.25, 0.3) is 0 Å². The summed E-state index contributed by atoms with van der Waals surface area (Å²) in [6, 6.07) is 73.0. The highest BCUT2D eigenvalue weighted by Crippen LogP contribution is 2.49. The molecule has 0 unspecified atom stereocenters. The number of hydrogen-bond acceptors (Lipinski definition) is 2. The first-order chi connectivity index (χ1) is 25.8. The van der Waals surface area contributed by atoms with Gasteiger partial charge in [-0.3, -0.25) is 0 Å². The molecule has 0 aliphatic heterocycles. The predicted molar refractivity (Wildman–Crippen MR) is 225 cm³/mol. The number of hydrogen-bond donors (Lipinski definition) is 0. The van der Waals surface area contributed by atoms with Gasteiger partial charge in [0.05, 0.1) is 5.69 Å². The molecule has 2 heteroatoms. The summed E-state index contributed by atoms with van der Waals surface area (Å²) in [5, 5.41) is 7.57. The van der Waals surface area contributed by atoms with Crippen LogP contribution in [-0.4, -0.2) is 0 Å². The smallest absolute Gasteiger partial charge is 0.0547 e. The average Bonchev–Trinajstić information content (AvgIpc) is 3.60. The minimum atomic E-state index is 1.11. The Kier molecular flexibility index (Phi) is 7.41. The fourth-order valence-corrected chi connectivity index (χ4v) is 8.78. The van der Waals surface area contributed by atoms with Crippen LogP contribution in [0, 0.1) is 0 Å². The zero-order valence-electron chi connectivity index (χ0n) is 28.4.